The number of hydrogen-bond donors (Lipinski definition) is 0. The molecule has 1 fully saturated rings. The molecule has 1 heterocycles. The van der Waals surface area contributed by atoms with E-state index < -0.39 is 12.6 Å². The Morgan fingerprint density at radius 1 is 1.29 bits per heavy atom. The lowest BCUT2D eigenvalue weighted by atomic mass is 9.93. The number of alkyl halides is 3. The molecule has 0 aliphatic carbocycles. The molecule has 0 N–H and O–H groups in total. The molecule has 0 bridgehead atoms. The number of halogens is 3. The van der Waals surface area contributed by atoms with E-state index in [9.17, 15) is 18.0 Å². The van der Waals surface area contributed by atoms with Gasteiger partial charge >= 0.3 is 6.18 Å². The maximum absolute atomic E-state index is 11.8. The second-order valence-electron chi connectivity index (χ2n) is 3.47. The Balaban J connectivity index is 2.27. The Labute approximate surface area is 80.4 Å². The van der Waals surface area contributed by atoms with E-state index in [1.165, 1.54) is 0 Å². The molecule has 0 saturated carbocycles. The van der Waals surface area contributed by atoms with Crippen LogP contribution in [0.3, 0.4) is 0 Å². The van der Waals surface area contributed by atoms with Crippen molar-refractivity contribution in [2.75, 3.05) is 13.2 Å². The van der Waals surface area contributed by atoms with Gasteiger partial charge in [-0.25, -0.2) is 0 Å². The van der Waals surface area contributed by atoms with Crippen LogP contribution in [-0.4, -0.2) is 25.2 Å². The predicted octanol–water partition coefficient (Wildman–Crippen LogP) is 2.32. The van der Waals surface area contributed by atoms with E-state index in [2.05, 4.69) is 0 Å². The van der Waals surface area contributed by atoms with E-state index in [-0.39, 0.29) is 18.1 Å². The highest BCUT2D eigenvalue weighted by Crippen LogP contribution is 2.24. The van der Waals surface area contributed by atoms with Gasteiger partial charge in [-0.3, -0.25) is 4.79 Å². The van der Waals surface area contributed by atoms with Crippen LogP contribution in [0.5, 0.6) is 0 Å². The van der Waals surface area contributed by atoms with Crippen LogP contribution in [0.25, 0.3) is 0 Å². The lowest BCUT2D eigenvalue weighted by Crippen LogP contribution is -2.24. The molecule has 1 rings (SSSR count). The Hall–Kier alpha value is -0.580. The minimum Gasteiger partial charge on any atom is -0.381 e. The number of Topliss-reactive ketones (excluding diaryl/α,β-unsaturated/α-hetero) is 1. The molecule has 0 aromatic rings. The quantitative estimate of drug-likeness (QED) is 0.714. The summed E-state index contributed by atoms with van der Waals surface area (Å²) >= 11 is 0. The van der Waals surface area contributed by atoms with E-state index in [0.29, 0.717) is 26.1 Å². The van der Waals surface area contributed by atoms with Gasteiger partial charge in [-0.1, -0.05) is 0 Å². The largest absolute Gasteiger partial charge is 0.389 e. The third-order valence-corrected chi connectivity index (χ3v) is 2.33. The number of hydrogen-bond acceptors (Lipinski definition) is 2. The van der Waals surface area contributed by atoms with E-state index in [1.54, 1.807) is 0 Å². The predicted molar refractivity (Wildman–Crippen MR) is 43.8 cm³/mol. The fourth-order valence-electron chi connectivity index (χ4n) is 1.49. The molecule has 0 amide bonds. The highest BCUT2D eigenvalue weighted by Gasteiger charge is 2.30. The molecule has 0 unspecified atom stereocenters. The van der Waals surface area contributed by atoms with Crippen molar-refractivity contribution in [1.29, 1.82) is 0 Å². The fraction of sp³-hybridized carbons (Fsp3) is 0.889. The van der Waals surface area contributed by atoms with Gasteiger partial charge in [-0.05, 0) is 12.8 Å². The summed E-state index contributed by atoms with van der Waals surface area (Å²) < 4.78 is 40.4. The normalized spacial score (nSPS) is 19.6. The number of carbonyl (C=O) groups is 1. The zero-order valence-electron chi connectivity index (χ0n) is 7.77. The maximum atomic E-state index is 11.8. The van der Waals surface area contributed by atoms with Crippen LogP contribution in [0.15, 0.2) is 0 Å². The van der Waals surface area contributed by atoms with Gasteiger partial charge in [0.2, 0.25) is 0 Å². The zero-order valence-corrected chi connectivity index (χ0v) is 7.77. The summed E-state index contributed by atoms with van der Waals surface area (Å²) in [6.45, 7) is 0.977. The van der Waals surface area contributed by atoms with Crippen LogP contribution < -0.4 is 0 Å². The summed E-state index contributed by atoms with van der Waals surface area (Å²) in [5.41, 5.74) is 0. The highest BCUT2D eigenvalue weighted by atomic mass is 19.4. The van der Waals surface area contributed by atoms with Crippen LogP contribution in [0.2, 0.25) is 0 Å². The molecule has 1 aliphatic rings. The van der Waals surface area contributed by atoms with E-state index in [1.807, 2.05) is 0 Å². The van der Waals surface area contributed by atoms with E-state index in [4.69, 9.17) is 4.74 Å². The molecule has 0 radical (unpaired) electrons. The van der Waals surface area contributed by atoms with E-state index in [0.717, 1.165) is 0 Å². The van der Waals surface area contributed by atoms with Gasteiger partial charge in [0.15, 0.2) is 0 Å². The van der Waals surface area contributed by atoms with Crippen molar-refractivity contribution in [1.82, 2.24) is 0 Å². The first-order chi connectivity index (χ1) is 6.49. The monoisotopic (exact) mass is 210 g/mol. The number of ether oxygens (including phenoxy) is 1. The van der Waals surface area contributed by atoms with Crippen molar-refractivity contribution in [2.45, 2.75) is 31.9 Å². The van der Waals surface area contributed by atoms with Crippen molar-refractivity contribution < 1.29 is 22.7 Å². The average molecular weight is 210 g/mol. The smallest absolute Gasteiger partial charge is 0.381 e. The molecule has 0 aromatic heterocycles. The minimum absolute atomic E-state index is 0.217. The minimum atomic E-state index is -4.22. The third-order valence-electron chi connectivity index (χ3n) is 2.33. The van der Waals surface area contributed by atoms with Gasteiger partial charge in [-0.2, -0.15) is 13.2 Å². The third kappa shape index (κ3) is 4.09. The second kappa shape index (κ2) is 4.77. The Morgan fingerprint density at radius 2 is 1.86 bits per heavy atom. The Kier molecular flexibility index (Phi) is 3.92. The van der Waals surface area contributed by atoms with Crippen molar-refractivity contribution in [3.63, 3.8) is 0 Å². The molecule has 5 heteroatoms. The van der Waals surface area contributed by atoms with Crippen molar-refractivity contribution >= 4 is 5.78 Å². The summed E-state index contributed by atoms with van der Waals surface area (Å²) in [7, 11) is 0. The van der Waals surface area contributed by atoms with Gasteiger partial charge < -0.3 is 4.74 Å². The van der Waals surface area contributed by atoms with Gasteiger partial charge in [0, 0.05) is 25.6 Å². The van der Waals surface area contributed by atoms with Crippen molar-refractivity contribution in [3.8, 4) is 0 Å². The van der Waals surface area contributed by atoms with Crippen LogP contribution in [0.1, 0.15) is 25.7 Å². The SMILES string of the molecule is O=C(CCC(F)(F)F)C1CCOCC1. The topological polar surface area (TPSA) is 26.3 Å². The van der Waals surface area contributed by atoms with E-state index >= 15 is 0 Å². The standard InChI is InChI=1S/C9H13F3O2/c10-9(11,12)4-1-8(13)7-2-5-14-6-3-7/h7H,1-6H2. The summed E-state index contributed by atoms with van der Waals surface area (Å²) in [5.74, 6) is -0.489. The summed E-state index contributed by atoms with van der Waals surface area (Å²) in [4.78, 5) is 11.3. The Morgan fingerprint density at radius 3 is 2.36 bits per heavy atom. The Bertz CT molecular complexity index is 195. The van der Waals surface area contributed by atoms with Gasteiger partial charge in [0.05, 0.1) is 6.42 Å². The number of rotatable bonds is 3. The molecule has 0 aromatic carbocycles. The van der Waals surface area contributed by atoms with Crippen LogP contribution in [0, 0.1) is 5.92 Å². The first kappa shape index (κ1) is 11.5. The molecule has 14 heavy (non-hydrogen) atoms. The molecule has 2 nitrogen and oxygen atoms in total. The van der Waals surface area contributed by atoms with Crippen molar-refractivity contribution in [3.05, 3.63) is 0 Å². The molecular weight excluding hydrogens is 197 g/mol. The van der Waals surface area contributed by atoms with Crippen LogP contribution in [0.4, 0.5) is 13.2 Å². The second-order valence-corrected chi connectivity index (χ2v) is 3.47. The van der Waals surface area contributed by atoms with Gasteiger partial charge in [-0.15, -0.1) is 0 Å². The highest BCUT2D eigenvalue weighted by molar-refractivity contribution is 5.81. The molecule has 1 saturated heterocycles. The molecular formula is C9H13F3O2. The number of ketones is 1. The first-order valence-electron chi connectivity index (χ1n) is 4.66. The van der Waals surface area contributed by atoms with Crippen LogP contribution >= 0.6 is 0 Å². The lowest BCUT2D eigenvalue weighted by Gasteiger charge is -2.20. The fourth-order valence-corrected chi connectivity index (χ4v) is 1.49. The molecule has 1 aliphatic heterocycles. The van der Waals surface area contributed by atoms with Crippen LogP contribution in [-0.2, 0) is 9.53 Å². The first-order valence-corrected chi connectivity index (χ1v) is 4.66. The lowest BCUT2D eigenvalue weighted by molar-refractivity contribution is -0.146. The maximum Gasteiger partial charge on any atom is 0.389 e. The average Bonchev–Trinajstić information content (AvgIpc) is 2.14. The van der Waals surface area contributed by atoms with Gasteiger partial charge in [0.25, 0.3) is 0 Å². The summed E-state index contributed by atoms with van der Waals surface area (Å²) in [6.07, 6.45) is -4.47. The summed E-state index contributed by atoms with van der Waals surface area (Å²) in [6, 6.07) is 0. The number of carbonyl (C=O) groups excluding carboxylic acids is 1. The van der Waals surface area contributed by atoms with Gasteiger partial charge in [0.1, 0.15) is 5.78 Å². The van der Waals surface area contributed by atoms with Crippen molar-refractivity contribution in [2.24, 2.45) is 5.92 Å². The molecule has 0 atom stereocenters. The molecule has 82 valence electrons. The zero-order chi connectivity index (χ0) is 10.6. The summed E-state index contributed by atoms with van der Waals surface area (Å²) in [5, 5.41) is 0. The molecule has 0 spiro atoms.